The van der Waals surface area contributed by atoms with Crippen molar-refractivity contribution in [3.63, 3.8) is 0 Å². The lowest BCUT2D eigenvalue weighted by Gasteiger charge is -2.17. The van der Waals surface area contributed by atoms with Crippen LogP contribution in [0.15, 0.2) is 4.79 Å². The second-order valence-corrected chi connectivity index (χ2v) is 8.14. The zero-order valence-electron chi connectivity index (χ0n) is 12.0. The monoisotopic (exact) mass is 338 g/mol. The van der Waals surface area contributed by atoms with Crippen LogP contribution < -0.4 is 5.56 Å². The summed E-state index contributed by atoms with van der Waals surface area (Å²) in [7, 11) is -3.11. The van der Waals surface area contributed by atoms with E-state index in [1.807, 2.05) is 0 Å². The molecule has 3 N–H and O–H groups in total. The summed E-state index contributed by atoms with van der Waals surface area (Å²) < 4.78 is 25.0. The molecule has 0 saturated carbocycles. The Morgan fingerprint density at radius 2 is 2.09 bits per heavy atom. The molecule has 1 unspecified atom stereocenters. The molecule has 1 aliphatic carbocycles. The zero-order chi connectivity index (χ0) is 16.4. The number of nitrogens with zero attached hydrogens (tertiary/aromatic N) is 2. The van der Waals surface area contributed by atoms with Gasteiger partial charge in [-0.05, 0) is 19.3 Å². The average molecular weight is 338 g/mol. The molecule has 3 heterocycles. The minimum absolute atomic E-state index is 0.0311. The van der Waals surface area contributed by atoms with Gasteiger partial charge in [-0.3, -0.25) is 19.7 Å². The standard InChI is InChI=1S/C13H14N4O5S/c18-12-7-1-2-8-9(10(7)14-15-12)11(13(19)20)16-17(8)6-3-4-23(21,22)5-6/h6H,1-5H2,(H,19,20)(H2,14,15,18). The van der Waals surface area contributed by atoms with E-state index in [2.05, 4.69) is 15.3 Å². The minimum Gasteiger partial charge on any atom is -0.476 e. The molecule has 0 aromatic carbocycles. The molecule has 4 rings (SSSR count). The van der Waals surface area contributed by atoms with Gasteiger partial charge >= 0.3 is 5.97 Å². The lowest BCUT2D eigenvalue weighted by atomic mass is 9.93. The summed E-state index contributed by atoms with van der Waals surface area (Å²) in [4.78, 5) is 23.3. The second-order valence-electron chi connectivity index (χ2n) is 5.91. The number of rotatable bonds is 2. The molecule has 2 aromatic rings. The third kappa shape index (κ3) is 2.05. The highest BCUT2D eigenvalue weighted by Gasteiger charge is 2.36. The molecule has 0 amide bonds. The predicted octanol–water partition coefficient (Wildman–Crippen LogP) is -0.277. The molecule has 1 saturated heterocycles. The van der Waals surface area contributed by atoms with Crippen molar-refractivity contribution in [2.24, 2.45) is 0 Å². The van der Waals surface area contributed by atoms with Crippen molar-refractivity contribution in [2.75, 3.05) is 11.5 Å². The Balaban J connectivity index is 1.92. The van der Waals surface area contributed by atoms with Gasteiger partial charge < -0.3 is 5.11 Å². The minimum atomic E-state index is -3.11. The number of carboxylic acids is 1. The summed E-state index contributed by atoms with van der Waals surface area (Å²) >= 11 is 0. The van der Waals surface area contributed by atoms with E-state index < -0.39 is 15.8 Å². The number of aromatic nitrogens is 4. The van der Waals surface area contributed by atoms with Gasteiger partial charge in [-0.1, -0.05) is 0 Å². The van der Waals surface area contributed by atoms with E-state index in [1.165, 1.54) is 4.68 Å². The van der Waals surface area contributed by atoms with Crippen LogP contribution >= 0.6 is 0 Å². The van der Waals surface area contributed by atoms with Crippen molar-refractivity contribution in [1.29, 1.82) is 0 Å². The number of hydrogen-bond acceptors (Lipinski definition) is 5. The van der Waals surface area contributed by atoms with Gasteiger partial charge in [0.15, 0.2) is 15.5 Å². The number of carbonyl (C=O) groups is 1. The molecule has 10 heteroatoms. The Hall–Kier alpha value is -2.36. The number of fused-ring (bicyclic) bond motifs is 3. The van der Waals surface area contributed by atoms with E-state index >= 15 is 0 Å². The number of nitrogens with one attached hydrogen (secondary N) is 2. The van der Waals surface area contributed by atoms with E-state index in [9.17, 15) is 23.1 Å². The molecule has 0 radical (unpaired) electrons. The normalized spacial score (nSPS) is 21.8. The summed E-state index contributed by atoms with van der Waals surface area (Å²) in [5.74, 6) is -1.15. The highest BCUT2D eigenvalue weighted by Crippen LogP contribution is 2.36. The third-order valence-electron chi connectivity index (χ3n) is 4.51. The number of H-pyrrole nitrogens is 2. The third-order valence-corrected chi connectivity index (χ3v) is 6.26. The smallest absolute Gasteiger partial charge is 0.357 e. The molecule has 0 bridgehead atoms. The van der Waals surface area contributed by atoms with Crippen LogP contribution in [0.2, 0.25) is 0 Å². The van der Waals surface area contributed by atoms with Gasteiger partial charge in [0.25, 0.3) is 5.56 Å². The van der Waals surface area contributed by atoms with E-state index in [-0.39, 0.29) is 28.8 Å². The summed E-state index contributed by atoms with van der Waals surface area (Å²) in [5, 5.41) is 18.8. The van der Waals surface area contributed by atoms with Crippen molar-refractivity contribution < 1.29 is 18.3 Å². The SMILES string of the molecule is O=C(O)c1nn(C2CCS(=O)(=O)C2)c2c1-c1[nH][nH]c(=O)c1CC2. The lowest BCUT2D eigenvalue weighted by molar-refractivity contribution is 0.0690. The van der Waals surface area contributed by atoms with Crippen LogP contribution in [0.25, 0.3) is 11.3 Å². The fourth-order valence-corrected chi connectivity index (χ4v) is 5.16. The van der Waals surface area contributed by atoms with Crippen LogP contribution in [0.1, 0.15) is 34.2 Å². The van der Waals surface area contributed by atoms with Crippen LogP contribution in [-0.2, 0) is 22.7 Å². The van der Waals surface area contributed by atoms with E-state index in [0.717, 1.165) is 0 Å². The maximum absolute atomic E-state index is 11.8. The maximum atomic E-state index is 11.8. The molecule has 1 atom stereocenters. The van der Waals surface area contributed by atoms with Crippen LogP contribution in [0.4, 0.5) is 0 Å². The Bertz CT molecular complexity index is 981. The first kappa shape index (κ1) is 14.2. The first-order chi connectivity index (χ1) is 10.9. The van der Waals surface area contributed by atoms with Gasteiger partial charge in [-0.2, -0.15) is 5.10 Å². The largest absolute Gasteiger partial charge is 0.476 e. The Morgan fingerprint density at radius 1 is 1.30 bits per heavy atom. The molecular weight excluding hydrogens is 324 g/mol. The zero-order valence-corrected chi connectivity index (χ0v) is 12.8. The van der Waals surface area contributed by atoms with E-state index in [1.54, 1.807) is 0 Å². The van der Waals surface area contributed by atoms with Gasteiger partial charge in [0.2, 0.25) is 0 Å². The molecule has 9 nitrogen and oxygen atoms in total. The number of hydrogen-bond donors (Lipinski definition) is 3. The molecule has 0 spiro atoms. The van der Waals surface area contributed by atoms with Gasteiger partial charge in [0.05, 0.1) is 28.8 Å². The van der Waals surface area contributed by atoms with Crippen molar-refractivity contribution in [2.45, 2.75) is 25.3 Å². The maximum Gasteiger partial charge on any atom is 0.357 e. The van der Waals surface area contributed by atoms with Crippen LogP contribution in [0.5, 0.6) is 0 Å². The van der Waals surface area contributed by atoms with Gasteiger partial charge in [-0.25, -0.2) is 13.2 Å². The molecule has 2 aliphatic rings. The first-order valence-corrected chi connectivity index (χ1v) is 9.04. The number of sulfone groups is 1. The lowest BCUT2D eigenvalue weighted by Crippen LogP contribution is -2.18. The second kappa shape index (κ2) is 4.57. The van der Waals surface area contributed by atoms with Crippen molar-refractivity contribution in [1.82, 2.24) is 20.0 Å². The molecule has 23 heavy (non-hydrogen) atoms. The molecule has 122 valence electrons. The highest BCUT2D eigenvalue weighted by atomic mass is 32.2. The fraction of sp³-hybridized carbons (Fsp3) is 0.462. The number of aromatic carboxylic acids is 1. The van der Waals surface area contributed by atoms with Crippen molar-refractivity contribution in [3.8, 4) is 11.3 Å². The van der Waals surface area contributed by atoms with Crippen molar-refractivity contribution in [3.05, 3.63) is 27.3 Å². The summed E-state index contributed by atoms with van der Waals surface area (Å²) in [6, 6.07) is -0.353. The predicted molar refractivity (Wildman–Crippen MR) is 79.3 cm³/mol. The average Bonchev–Trinajstić information content (AvgIpc) is 3.14. The number of aromatic amines is 2. The molecule has 1 aliphatic heterocycles. The number of carboxylic acid groups (broad SMARTS) is 1. The fourth-order valence-electron chi connectivity index (χ4n) is 3.47. The quantitative estimate of drug-likeness (QED) is 0.688. The van der Waals surface area contributed by atoms with E-state index in [4.69, 9.17) is 0 Å². The Kier molecular flexibility index (Phi) is 2.83. The Morgan fingerprint density at radius 3 is 2.74 bits per heavy atom. The first-order valence-electron chi connectivity index (χ1n) is 7.22. The van der Waals surface area contributed by atoms with Crippen molar-refractivity contribution >= 4 is 15.8 Å². The topological polar surface area (TPSA) is 138 Å². The van der Waals surface area contributed by atoms with Crippen LogP contribution in [0.3, 0.4) is 0 Å². The highest BCUT2D eigenvalue weighted by molar-refractivity contribution is 7.91. The Labute approximate surface area is 130 Å². The summed E-state index contributed by atoms with van der Waals surface area (Å²) in [6.45, 7) is 0. The summed E-state index contributed by atoms with van der Waals surface area (Å²) in [5.41, 5.74) is 1.60. The van der Waals surface area contributed by atoms with Gasteiger partial charge in [-0.15, -0.1) is 0 Å². The molecular formula is C13H14N4O5S. The molecule has 2 aromatic heterocycles. The van der Waals surface area contributed by atoms with Crippen LogP contribution in [-0.4, -0.2) is 51.0 Å². The van der Waals surface area contributed by atoms with Gasteiger partial charge in [0, 0.05) is 11.3 Å². The van der Waals surface area contributed by atoms with Crippen LogP contribution in [0, 0.1) is 0 Å². The van der Waals surface area contributed by atoms with Gasteiger partial charge in [0.1, 0.15) is 0 Å². The molecule has 1 fully saturated rings. The summed E-state index contributed by atoms with van der Waals surface area (Å²) in [6.07, 6.45) is 1.34. The van der Waals surface area contributed by atoms with E-state index in [0.29, 0.717) is 41.8 Å².